The molecule has 3 rings (SSSR count). The molecule has 11 nitrogen and oxygen atoms in total. The second-order valence-electron chi connectivity index (χ2n) is 7.85. The van der Waals surface area contributed by atoms with Crippen LogP contribution in [0, 0.1) is 0 Å². The number of amides is 3. The van der Waals surface area contributed by atoms with Crippen molar-refractivity contribution >= 4 is 35.4 Å². The van der Waals surface area contributed by atoms with E-state index in [4.69, 9.17) is 16.3 Å². The van der Waals surface area contributed by atoms with Crippen LogP contribution in [0.3, 0.4) is 0 Å². The smallest absolute Gasteiger partial charge is 0.410 e. The SMILES string of the molecule is CC(C)(C)OC(=O)N1CCCC1Cn1cc(NC(=O)NNc2ncc(Cl)cn2)cn1. The summed E-state index contributed by atoms with van der Waals surface area (Å²) >= 11 is 5.71. The van der Waals surface area contributed by atoms with Gasteiger partial charge in [0.2, 0.25) is 5.95 Å². The Morgan fingerprint density at radius 1 is 1.27 bits per heavy atom. The number of carbonyl (C=O) groups excluding carboxylic acids is 2. The van der Waals surface area contributed by atoms with E-state index in [1.165, 1.54) is 18.6 Å². The van der Waals surface area contributed by atoms with Gasteiger partial charge in [0, 0.05) is 12.7 Å². The van der Waals surface area contributed by atoms with Gasteiger partial charge in [0.15, 0.2) is 0 Å². The summed E-state index contributed by atoms with van der Waals surface area (Å²) in [6.07, 6.45) is 7.51. The molecule has 0 aliphatic carbocycles. The van der Waals surface area contributed by atoms with E-state index in [0.29, 0.717) is 23.8 Å². The molecule has 0 bridgehead atoms. The van der Waals surface area contributed by atoms with Gasteiger partial charge in [-0.3, -0.25) is 10.1 Å². The molecule has 1 atom stereocenters. The van der Waals surface area contributed by atoms with Gasteiger partial charge in [-0.05, 0) is 33.6 Å². The van der Waals surface area contributed by atoms with Crippen molar-refractivity contribution in [1.82, 2.24) is 30.1 Å². The average molecular weight is 437 g/mol. The number of urea groups is 1. The van der Waals surface area contributed by atoms with E-state index in [-0.39, 0.29) is 18.1 Å². The van der Waals surface area contributed by atoms with Crippen LogP contribution in [0.2, 0.25) is 5.02 Å². The zero-order valence-corrected chi connectivity index (χ0v) is 17.8. The number of likely N-dealkylation sites (tertiary alicyclic amines) is 1. The van der Waals surface area contributed by atoms with Crippen LogP contribution in [0.4, 0.5) is 21.2 Å². The van der Waals surface area contributed by atoms with Crippen LogP contribution in [0.1, 0.15) is 33.6 Å². The van der Waals surface area contributed by atoms with Gasteiger partial charge in [-0.25, -0.2) is 25.0 Å². The number of hydrazine groups is 1. The normalized spacial score (nSPS) is 16.3. The lowest BCUT2D eigenvalue weighted by Gasteiger charge is -2.28. The first kappa shape index (κ1) is 21.6. The fraction of sp³-hybridized carbons (Fsp3) is 0.500. The maximum Gasteiger partial charge on any atom is 0.410 e. The minimum atomic E-state index is -0.536. The number of halogens is 1. The summed E-state index contributed by atoms with van der Waals surface area (Å²) in [5.41, 5.74) is 4.96. The molecule has 2 aromatic heterocycles. The number of ether oxygens (including phenoxy) is 1. The largest absolute Gasteiger partial charge is 0.444 e. The van der Waals surface area contributed by atoms with Gasteiger partial charge in [0.1, 0.15) is 5.60 Å². The fourth-order valence-electron chi connectivity index (χ4n) is 2.98. The first-order valence-electron chi connectivity index (χ1n) is 9.52. The summed E-state index contributed by atoms with van der Waals surface area (Å²) in [7, 11) is 0. The maximum atomic E-state index is 12.4. The molecule has 0 saturated carbocycles. The molecule has 1 aliphatic heterocycles. The molecule has 2 aromatic rings. The molecule has 0 aromatic carbocycles. The Hall–Kier alpha value is -3.08. The Bertz CT molecular complexity index is 880. The monoisotopic (exact) mass is 436 g/mol. The third-order valence-corrected chi connectivity index (χ3v) is 4.40. The Kier molecular flexibility index (Phi) is 6.60. The first-order chi connectivity index (χ1) is 14.2. The third-order valence-electron chi connectivity index (χ3n) is 4.20. The zero-order chi connectivity index (χ0) is 21.7. The van der Waals surface area contributed by atoms with Gasteiger partial charge in [-0.1, -0.05) is 11.6 Å². The van der Waals surface area contributed by atoms with Crippen molar-refractivity contribution in [1.29, 1.82) is 0 Å². The van der Waals surface area contributed by atoms with Crippen LogP contribution in [0.25, 0.3) is 0 Å². The summed E-state index contributed by atoms with van der Waals surface area (Å²) in [6.45, 7) is 6.72. The molecular weight excluding hydrogens is 412 g/mol. The Labute approximate surface area is 179 Å². The minimum absolute atomic E-state index is 0.00912. The van der Waals surface area contributed by atoms with Gasteiger partial charge < -0.3 is 15.0 Å². The number of rotatable bonds is 5. The van der Waals surface area contributed by atoms with E-state index in [1.807, 2.05) is 20.8 Å². The summed E-state index contributed by atoms with van der Waals surface area (Å²) in [5.74, 6) is 0.203. The van der Waals surface area contributed by atoms with E-state index in [2.05, 4.69) is 31.2 Å². The van der Waals surface area contributed by atoms with E-state index < -0.39 is 11.6 Å². The predicted molar refractivity (Wildman–Crippen MR) is 111 cm³/mol. The van der Waals surface area contributed by atoms with Gasteiger partial charge >= 0.3 is 12.1 Å². The molecular formula is C18H25ClN8O3. The lowest BCUT2D eigenvalue weighted by molar-refractivity contribution is 0.0211. The van der Waals surface area contributed by atoms with Crippen LogP contribution < -0.4 is 16.2 Å². The molecule has 1 fully saturated rings. The number of nitrogens with zero attached hydrogens (tertiary/aromatic N) is 5. The van der Waals surface area contributed by atoms with Gasteiger partial charge in [-0.2, -0.15) is 5.10 Å². The number of hydrogen-bond donors (Lipinski definition) is 3. The Morgan fingerprint density at radius 3 is 2.70 bits per heavy atom. The zero-order valence-electron chi connectivity index (χ0n) is 17.1. The summed E-state index contributed by atoms with van der Waals surface area (Å²) in [4.78, 5) is 34.0. The van der Waals surface area contributed by atoms with Crippen molar-refractivity contribution in [2.45, 2.75) is 51.8 Å². The van der Waals surface area contributed by atoms with Crippen molar-refractivity contribution in [3.05, 3.63) is 29.8 Å². The highest BCUT2D eigenvalue weighted by Gasteiger charge is 2.32. The molecule has 3 heterocycles. The lowest BCUT2D eigenvalue weighted by Crippen LogP contribution is -2.41. The number of anilines is 2. The van der Waals surface area contributed by atoms with E-state index in [0.717, 1.165) is 12.8 Å². The summed E-state index contributed by atoms with van der Waals surface area (Å²) in [6, 6.07) is -0.519. The van der Waals surface area contributed by atoms with Crippen molar-refractivity contribution in [3.63, 3.8) is 0 Å². The van der Waals surface area contributed by atoms with E-state index in [1.54, 1.807) is 15.8 Å². The highest BCUT2D eigenvalue weighted by Crippen LogP contribution is 2.22. The van der Waals surface area contributed by atoms with Crippen molar-refractivity contribution in [2.24, 2.45) is 0 Å². The van der Waals surface area contributed by atoms with Gasteiger partial charge in [-0.15, -0.1) is 0 Å². The molecule has 12 heteroatoms. The molecule has 162 valence electrons. The maximum absolute atomic E-state index is 12.4. The summed E-state index contributed by atoms with van der Waals surface area (Å²) in [5, 5.41) is 7.31. The Balaban J connectivity index is 1.50. The number of carbonyl (C=O) groups is 2. The first-order valence-corrected chi connectivity index (χ1v) is 9.90. The molecule has 3 amide bonds. The Morgan fingerprint density at radius 2 is 2.00 bits per heavy atom. The molecule has 1 aliphatic rings. The third kappa shape index (κ3) is 6.21. The van der Waals surface area contributed by atoms with Crippen LogP contribution in [-0.4, -0.2) is 55.0 Å². The van der Waals surface area contributed by atoms with E-state index >= 15 is 0 Å². The van der Waals surface area contributed by atoms with Crippen LogP contribution in [0.15, 0.2) is 24.8 Å². The highest BCUT2D eigenvalue weighted by atomic mass is 35.5. The second kappa shape index (κ2) is 9.16. The highest BCUT2D eigenvalue weighted by molar-refractivity contribution is 6.30. The standard InChI is InChI=1S/C18H25ClN8O3/c1-18(2,3)30-17(29)27-6-4-5-14(27)11-26-10-13(9-22-26)23-16(28)25-24-15-20-7-12(19)8-21-15/h7-10,14H,4-6,11H2,1-3H3,(H,20,21,24)(H2,23,25,28). The van der Waals surface area contributed by atoms with Crippen LogP contribution in [0.5, 0.6) is 0 Å². The van der Waals surface area contributed by atoms with Crippen molar-refractivity contribution in [2.75, 3.05) is 17.3 Å². The fourth-order valence-corrected chi connectivity index (χ4v) is 3.08. The summed E-state index contributed by atoms with van der Waals surface area (Å²) < 4.78 is 7.18. The topological polar surface area (TPSA) is 126 Å². The number of aromatic nitrogens is 4. The van der Waals surface area contributed by atoms with Crippen LogP contribution in [-0.2, 0) is 11.3 Å². The molecule has 1 saturated heterocycles. The second-order valence-corrected chi connectivity index (χ2v) is 8.29. The molecule has 1 unspecified atom stereocenters. The quantitative estimate of drug-likeness (QED) is 0.615. The van der Waals surface area contributed by atoms with Crippen molar-refractivity contribution < 1.29 is 14.3 Å². The van der Waals surface area contributed by atoms with Crippen molar-refractivity contribution in [3.8, 4) is 0 Å². The van der Waals surface area contributed by atoms with Crippen LogP contribution >= 0.6 is 11.6 Å². The minimum Gasteiger partial charge on any atom is -0.444 e. The average Bonchev–Trinajstić information content (AvgIpc) is 3.30. The molecule has 0 radical (unpaired) electrons. The molecule has 0 spiro atoms. The lowest BCUT2D eigenvalue weighted by atomic mass is 10.2. The van der Waals surface area contributed by atoms with Gasteiger partial charge in [0.05, 0.1) is 41.9 Å². The number of hydrogen-bond acceptors (Lipinski definition) is 7. The molecule has 30 heavy (non-hydrogen) atoms. The molecule has 3 N–H and O–H groups in total. The van der Waals surface area contributed by atoms with Gasteiger partial charge in [0.25, 0.3) is 0 Å². The predicted octanol–water partition coefficient (Wildman–Crippen LogP) is 2.87. The number of nitrogens with one attached hydrogen (secondary N) is 3. The van der Waals surface area contributed by atoms with E-state index in [9.17, 15) is 9.59 Å².